The Morgan fingerprint density at radius 1 is 1.23 bits per heavy atom. The molecule has 0 spiro atoms. The molecule has 0 bridgehead atoms. The maximum absolute atomic E-state index is 15.1. The number of carbonyl (C=O) groups is 1. The number of ether oxygens (including phenoxy) is 1. The van der Waals surface area contributed by atoms with E-state index in [0.717, 1.165) is 12.1 Å². The zero-order valence-electron chi connectivity index (χ0n) is 22.5. The molecule has 1 fully saturated rings. The lowest BCUT2D eigenvalue weighted by Gasteiger charge is -2.40. The Hall–Kier alpha value is -4.83. The van der Waals surface area contributed by atoms with Gasteiger partial charge in [-0.2, -0.15) is 10.1 Å². The van der Waals surface area contributed by atoms with E-state index in [4.69, 9.17) is 22.9 Å². The van der Waals surface area contributed by atoms with Crippen molar-refractivity contribution < 1.29 is 22.7 Å². The quantitative estimate of drug-likeness (QED) is 0.240. The summed E-state index contributed by atoms with van der Waals surface area (Å²) in [4.78, 5) is 37.0. The molecule has 10 nitrogen and oxygen atoms in total. The van der Waals surface area contributed by atoms with Gasteiger partial charge in [0.2, 0.25) is 6.54 Å². The van der Waals surface area contributed by atoms with Crippen LogP contribution in [0.25, 0.3) is 26.9 Å². The van der Waals surface area contributed by atoms with Crippen LogP contribution in [0.5, 0.6) is 5.75 Å². The van der Waals surface area contributed by atoms with Gasteiger partial charge in [0.15, 0.2) is 11.6 Å². The molecule has 220 valence electrons. The van der Waals surface area contributed by atoms with Gasteiger partial charge < -0.3 is 19.4 Å². The van der Waals surface area contributed by atoms with Crippen LogP contribution in [0.4, 0.5) is 19.0 Å². The average Bonchev–Trinajstić information content (AvgIpc) is 3.49. The number of nitrogens with zero attached hydrogens (tertiary/aromatic N) is 7. The van der Waals surface area contributed by atoms with Crippen molar-refractivity contribution in [3.8, 4) is 16.9 Å². The van der Waals surface area contributed by atoms with Crippen LogP contribution in [0.1, 0.15) is 6.04 Å². The van der Waals surface area contributed by atoms with Crippen LogP contribution >= 0.6 is 11.6 Å². The third-order valence-corrected chi connectivity index (χ3v) is 7.91. The number of amides is 1. The first kappa shape index (κ1) is 28.3. The summed E-state index contributed by atoms with van der Waals surface area (Å²) in [5.41, 5.74) is -0.174. The summed E-state index contributed by atoms with van der Waals surface area (Å²) in [5.74, 6) is -3.31. The molecule has 14 heteroatoms. The monoisotopic (exact) mass is 609 g/mol. The third kappa shape index (κ3) is 4.97. The minimum atomic E-state index is -1.13. The molecule has 1 amide bonds. The molecular formula is C29H23ClF3N7O3. The molecule has 4 heterocycles. The number of rotatable bonds is 6. The second-order valence-electron chi connectivity index (χ2n) is 10.2. The number of halogens is 4. The number of anilines is 1. The predicted octanol–water partition coefficient (Wildman–Crippen LogP) is 4.24. The molecule has 1 unspecified atom stereocenters. The van der Waals surface area contributed by atoms with Crippen molar-refractivity contribution in [1.82, 2.24) is 24.2 Å². The number of piperazine rings is 1. The number of carbonyl (C=O) groups excluding carboxylic acids is 1. The van der Waals surface area contributed by atoms with E-state index in [2.05, 4.69) is 21.5 Å². The van der Waals surface area contributed by atoms with E-state index in [0.29, 0.717) is 10.9 Å². The maximum atomic E-state index is 15.1. The van der Waals surface area contributed by atoms with Crippen LogP contribution < -0.4 is 15.3 Å². The van der Waals surface area contributed by atoms with Crippen molar-refractivity contribution in [1.29, 1.82) is 0 Å². The Morgan fingerprint density at radius 2 is 2.05 bits per heavy atom. The van der Waals surface area contributed by atoms with Gasteiger partial charge in [-0.05, 0) is 24.3 Å². The molecule has 2 aromatic heterocycles. The molecule has 6 rings (SSSR count). The minimum absolute atomic E-state index is 0.0121. The lowest BCUT2D eigenvalue weighted by molar-refractivity contribution is -0.131. The largest absolute Gasteiger partial charge is 0.488 e. The molecule has 0 saturated carbocycles. The molecule has 2 aromatic carbocycles. The van der Waals surface area contributed by atoms with Crippen molar-refractivity contribution in [3.05, 3.63) is 93.7 Å². The Balaban J connectivity index is 1.54. The van der Waals surface area contributed by atoms with Crippen molar-refractivity contribution in [2.24, 2.45) is 0 Å². The topological polar surface area (TPSA) is 89.8 Å². The summed E-state index contributed by atoms with van der Waals surface area (Å²) in [7, 11) is 0. The Labute approximate surface area is 248 Å². The minimum Gasteiger partial charge on any atom is -0.488 e. The second kappa shape index (κ2) is 11.1. The van der Waals surface area contributed by atoms with E-state index >= 15 is 4.39 Å². The molecule has 0 aliphatic carbocycles. The fourth-order valence-electron chi connectivity index (χ4n) is 5.74. The Kier molecular flexibility index (Phi) is 7.31. The molecule has 2 atom stereocenters. The molecule has 1 saturated heterocycles. The van der Waals surface area contributed by atoms with E-state index < -0.39 is 41.1 Å². The summed E-state index contributed by atoms with van der Waals surface area (Å²) in [5, 5.41) is 4.72. The highest BCUT2D eigenvalue weighted by Gasteiger charge is 2.37. The van der Waals surface area contributed by atoms with Gasteiger partial charge in [0, 0.05) is 54.6 Å². The maximum Gasteiger partial charge on any atom is 0.350 e. The smallest absolute Gasteiger partial charge is 0.350 e. The highest BCUT2D eigenvalue weighted by Crippen LogP contribution is 2.47. The second-order valence-corrected chi connectivity index (χ2v) is 10.6. The van der Waals surface area contributed by atoms with Crippen LogP contribution in [-0.4, -0.2) is 69.0 Å². The normalized spacial score (nSPS) is 17.9. The number of hydrogen-bond donors (Lipinski definition) is 0. The summed E-state index contributed by atoms with van der Waals surface area (Å²) in [6.07, 6.45) is 3.35. The molecule has 4 aromatic rings. The van der Waals surface area contributed by atoms with Crippen molar-refractivity contribution in [2.75, 3.05) is 37.7 Å². The Morgan fingerprint density at radius 3 is 2.74 bits per heavy atom. The summed E-state index contributed by atoms with van der Waals surface area (Å²) >= 11 is 6.76. The summed E-state index contributed by atoms with van der Waals surface area (Å²) < 4.78 is 51.9. The third-order valence-electron chi connectivity index (χ3n) is 7.62. The van der Waals surface area contributed by atoms with Crippen LogP contribution in [0.3, 0.4) is 0 Å². The number of hydrogen-bond acceptors (Lipinski definition) is 6. The van der Waals surface area contributed by atoms with Crippen LogP contribution in [0.2, 0.25) is 5.02 Å². The average molecular weight is 610 g/mol. The predicted molar refractivity (Wildman–Crippen MR) is 153 cm³/mol. The number of benzene rings is 2. The molecule has 2 aliphatic heterocycles. The van der Waals surface area contributed by atoms with Gasteiger partial charge in [0.1, 0.15) is 30.1 Å². The van der Waals surface area contributed by atoms with Crippen LogP contribution in [0, 0.1) is 18.2 Å². The summed E-state index contributed by atoms with van der Waals surface area (Å²) in [6.45, 7) is 10.9. The van der Waals surface area contributed by atoms with Crippen LogP contribution in [0.15, 0.2) is 59.9 Å². The molecule has 43 heavy (non-hydrogen) atoms. The fourth-order valence-corrected chi connectivity index (χ4v) is 6.03. The van der Waals surface area contributed by atoms with E-state index in [-0.39, 0.29) is 67.0 Å². The lowest BCUT2D eigenvalue weighted by Crippen LogP contribution is -2.57. The van der Waals surface area contributed by atoms with Gasteiger partial charge in [-0.15, -0.1) is 0 Å². The van der Waals surface area contributed by atoms with E-state index in [9.17, 15) is 18.4 Å². The van der Waals surface area contributed by atoms with E-state index in [1.54, 1.807) is 34.1 Å². The van der Waals surface area contributed by atoms with Gasteiger partial charge in [-0.3, -0.25) is 14.0 Å². The first-order valence-corrected chi connectivity index (χ1v) is 13.6. The van der Waals surface area contributed by atoms with Crippen molar-refractivity contribution in [2.45, 2.75) is 18.6 Å². The van der Waals surface area contributed by atoms with Gasteiger partial charge in [-0.25, -0.2) is 24.5 Å². The molecule has 0 N–H and O–H groups in total. The molecular weight excluding hydrogens is 587 g/mol. The van der Waals surface area contributed by atoms with Gasteiger partial charge in [-0.1, -0.05) is 18.2 Å². The highest BCUT2D eigenvalue weighted by atomic mass is 35.5. The van der Waals surface area contributed by atoms with Gasteiger partial charge in [0.05, 0.1) is 23.1 Å². The number of aromatic nitrogens is 4. The van der Waals surface area contributed by atoms with Gasteiger partial charge >= 0.3 is 5.69 Å². The first-order valence-electron chi connectivity index (χ1n) is 13.3. The van der Waals surface area contributed by atoms with Crippen molar-refractivity contribution >= 4 is 34.2 Å². The summed E-state index contributed by atoms with van der Waals surface area (Å²) in [6, 6.07) is 5.13. The van der Waals surface area contributed by atoms with E-state index in [1.165, 1.54) is 15.5 Å². The lowest BCUT2D eigenvalue weighted by atomic mass is 9.99. The first-order chi connectivity index (χ1) is 20.7. The Bertz CT molecular complexity index is 1870. The molecule has 2 aliphatic rings. The van der Waals surface area contributed by atoms with Crippen molar-refractivity contribution in [3.63, 3.8) is 0 Å². The van der Waals surface area contributed by atoms with Crippen LogP contribution in [-0.2, 0) is 11.3 Å². The SMILES string of the molecule is [C-]#[N+]C[C@H]1CN(c2nc(=O)n3c4c(c(-c5ccc(F)cc5F)c(Cl)cc24)OCC3Cn2cccn2)CCN1C(=O)C(=C)F. The zero-order valence-corrected chi connectivity index (χ0v) is 23.3. The molecule has 0 radical (unpaired) electrons. The van der Waals surface area contributed by atoms with E-state index in [1.807, 2.05) is 0 Å². The zero-order chi connectivity index (χ0) is 30.4. The standard InChI is InChI=1S/C29H23ClF3N7O3/c1-16(31)28(41)39-9-8-37(13-18(39)12-34-2)27-21-11-22(30)24(20-5-4-17(32)10-23(20)33)26-25(21)40(29(42)36-27)19(15-43-26)14-38-7-3-6-35-38/h3-7,10-11,18-19H,1,8-9,12-15H2/t18-,19?/m0/s1. The highest BCUT2D eigenvalue weighted by molar-refractivity contribution is 6.35. The van der Waals surface area contributed by atoms with Gasteiger partial charge in [0.25, 0.3) is 5.91 Å². The fraction of sp³-hybridized carbons (Fsp3) is 0.276.